The molecule has 0 atom stereocenters. The lowest BCUT2D eigenvalue weighted by Gasteiger charge is -2.34. The van der Waals surface area contributed by atoms with Crippen molar-refractivity contribution < 1.29 is 14.1 Å². The highest BCUT2D eigenvalue weighted by atomic mass is 16.5. The van der Waals surface area contributed by atoms with E-state index in [0.717, 1.165) is 5.56 Å². The first-order valence-electron chi connectivity index (χ1n) is 9.18. The molecule has 0 unspecified atom stereocenters. The Balaban J connectivity index is 1.89. The Morgan fingerprint density at radius 2 is 2.00 bits per heavy atom. The minimum Gasteiger partial charge on any atom is -0.381 e. The Morgan fingerprint density at radius 1 is 1.27 bits per heavy atom. The number of amides is 1. The molecule has 1 N–H and O–H groups in total. The highest BCUT2D eigenvalue weighted by molar-refractivity contribution is 5.95. The predicted molar refractivity (Wildman–Crippen MR) is 98.0 cm³/mol. The second-order valence-electron chi connectivity index (χ2n) is 7.85. The average Bonchev–Trinajstić information content (AvgIpc) is 3.12. The number of benzene rings is 1. The van der Waals surface area contributed by atoms with Crippen LogP contribution in [0.2, 0.25) is 0 Å². The highest BCUT2D eigenvalue weighted by Gasteiger charge is 2.41. The summed E-state index contributed by atoms with van der Waals surface area (Å²) in [6, 6.07) is 7.76. The smallest absolute Gasteiger partial charge is 0.252 e. The molecule has 1 fully saturated rings. The molecule has 2 heterocycles. The van der Waals surface area contributed by atoms with E-state index in [1.54, 1.807) is 0 Å². The van der Waals surface area contributed by atoms with E-state index in [1.165, 1.54) is 0 Å². The van der Waals surface area contributed by atoms with E-state index in [9.17, 15) is 4.79 Å². The van der Waals surface area contributed by atoms with Crippen LogP contribution in [0.1, 0.15) is 68.2 Å². The van der Waals surface area contributed by atoms with Crippen molar-refractivity contribution in [3.05, 3.63) is 47.1 Å². The van der Waals surface area contributed by atoms with Gasteiger partial charge in [0.1, 0.15) is 5.54 Å². The SMILES string of the molecule is CCc1noc(C2(NC(=O)c3cccc(C(C)(C)C)c3)CCOCC2)n1. The van der Waals surface area contributed by atoms with E-state index < -0.39 is 5.54 Å². The molecular formula is C20H27N3O3. The van der Waals surface area contributed by atoms with Crippen LogP contribution in [0, 0.1) is 0 Å². The third kappa shape index (κ3) is 3.80. The summed E-state index contributed by atoms with van der Waals surface area (Å²) in [5.41, 5.74) is 1.07. The summed E-state index contributed by atoms with van der Waals surface area (Å²) in [5, 5.41) is 7.17. The van der Waals surface area contributed by atoms with Gasteiger partial charge in [0.25, 0.3) is 11.8 Å². The predicted octanol–water partition coefficient (Wildman–Crippen LogP) is 3.37. The lowest BCUT2D eigenvalue weighted by atomic mass is 9.85. The van der Waals surface area contributed by atoms with Gasteiger partial charge in [-0.25, -0.2) is 0 Å². The minimum atomic E-state index is -0.673. The van der Waals surface area contributed by atoms with E-state index in [0.29, 0.717) is 49.8 Å². The fourth-order valence-corrected chi connectivity index (χ4v) is 3.12. The molecule has 0 bridgehead atoms. The molecule has 1 aromatic carbocycles. The summed E-state index contributed by atoms with van der Waals surface area (Å²) < 4.78 is 11.0. The third-order valence-corrected chi connectivity index (χ3v) is 4.88. The zero-order valence-electron chi connectivity index (χ0n) is 16.0. The molecule has 3 rings (SSSR count). The van der Waals surface area contributed by atoms with Gasteiger partial charge < -0.3 is 14.6 Å². The Labute approximate surface area is 154 Å². The molecule has 1 aliphatic rings. The van der Waals surface area contributed by atoms with Gasteiger partial charge in [-0.05, 0) is 23.1 Å². The number of hydrogen-bond donors (Lipinski definition) is 1. The summed E-state index contributed by atoms with van der Waals surface area (Å²) in [6.07, 6.45) is 1.92. The largest absolute Gasteiger partial charge is 0.381 e. The van der Waals surface area contributed by atoms with Gasteiger partial charge in [-0.2, -0.15) is 4.98 Å². The van der Waals surface area contributed by atoms with Crippen LogP contribution in [0.4, 0.5) is 0 Å². The zero-order chi connectivity index (χ0) is 18.8. The van der Waals surface area contributed by atoms with Gasteiger partial charge in [-0.1, -0.05) is 45.0 Å². The van der Waals surface area contributed by atoms with E-state index in [2.05, 4.69) is 36.2 Å². The van der Waals surface area contributed by atoms with Gasteiger partial charge >= 0.3 is 0 Å². The first kappa shape index (κ1) is 18.6. The molecule has 1 aromatic heterocycles. The van der Waals surface area contributed by atoms with E-state index in [4.69, 9.17) is 9.26 Å². The molecule has 0 spiro atoms. The van der Waals surface area contributed by atoms with Crippen LogP contribution in [0.3, 0.4) is 0 Å². The molecule has 1 amide bonds. The topological polar surface area (TPSA) is 77.2 Å². The van der Waals surface area contributed by atoms with Crippen molar-refractivity contribution in [2.75, 3.05) is 13.2 Å². The molecule has 6 nitrogen and oxygen atoms in total. The Bertz CT molecular complexity index is 771. The summed E-state index contributed by atoms with van der Waals surface area (Å²) in [5.74, 6) is 0.988. The van der Waals surface area contributed by atoms with Crippen molar-refractivity contribution in [3.8, 4) is 0 Å². The average molecular weight is 357 g/mol. The lowest BCUT2D eigenvalue weighted by Crippen LogP contribution is -2.49. The molecule has 0 radical (unpaired) electrons. The Kier molecular flexibility index (Phi) is 5.14. The van der Waals surface area contributed by atoms with Gasteiger partial charge in [-0.3, -0.25) is 4.79 Å². The summed E-state index contributed by atoms with van der Waals surface area (Å²) in [7, 11) is 0. The third-order valence-electron chi connectivity index (χ3n) is 4.88. The van der Waals surface area contributed by atoms with Crippen LogP contribution in [-0.4, -0.2) is 29.3 Å². The second-order valence-corrected chi connectivity index (χ2v) is 7.85. The lowest BCUT2D eigenvalue weighted by molar-refractivity contribution is 0.0222. The number of nitrogens with zero attached hydrogens (tertiary/aromatic N) is 2. The molecule has 0 aliphatic carbocycles. The molecule has 26 heavy (non-hydrogen) atoms. The molecular weight excluding hydrogens is 330 g/mol. The Morgan fingerprint density at radius 3 is 2.62 bits per heavy atom. The van der Waals surface area contributed by atoms with Crippen LogP contribution in [-0.2, 0) is 22.1 Å². The van der Waals surface area contributed by atoms with Crippen LogP contribution in [0.15, 0.2) is 28.8 Å². The number of carbonyl (C=O) groups is 1. The van der Waals surface area contributed by atoms with Crippen molar-refractivity contribution in [2.45, 2.75) is 57.9 Å². The van der Waals surface area contributed by atoms with Gasteiger partial charge in [0, 0.05) is 38.0 Å². The van der Waals surface area contributed by atoms with Crippen molar-refractivity contribution in [2.24, 2.45) is 0 Å². The fourth-order valence-electron chi connectivity index (χ4n) is 3.12. The normalized spacial score (nSPS) is 17.1. The molecule has 6 heteroatoms. The minimum absolute atomic E-state index is 0.0187. The van der Waals surface area contributed by atoms with E-state index in [-0.39, 0.29) is 11.3 Å². The molecule has 2 aromatic rings. The number of nitrogens with one attached hydrogen (secondary N) is 1. The van der Waals surface area contributed by atoms with Crippen LogP contribution < -0.4 is 5.32 Å². The quantitative estimate of drug-likeness (QED) is 0.908. The second kappa shape index (κ2) is 7.19. The van der Waals surface area contributed by atoms with Crippen LogP contribution in [0.5, 0.6) is 0 Å². The Hall–Kier alpha value is -2.21. The van der Waals surface area contributed by atoms with Gasteiger partial charge in [-0.15, -0.1) is 0 Å². The fraction of sp³-hybridized carbons (Fsp3) is 0.550. The maximum atomic E-state index is 13.0. The number of carbonyl (C=O) groups excluding carboxylic acids is 1. The number of ether oxygens (including phenoxy) is 1. The van der Waals surface area contributed by atoms with Crippen molar-refractivity contribution in [3.63, 3.8) is 0 Å². The number of aromatic nitrogens is 2. The number of rotatable bonds is 4. The first-order chi connectivity index (χ1) is 12.3. The van der Waals surface area contributed by atoms with Crippen LogP contribution in [0.25, 0.3) is 0 Å². The molecule has 140 valence electrons. The summed E-state index contributed by atoms with van der Waals surface area (Å²) in [4.78, 5) is 17.5. The standard InChI is InChI=1S/C20H27N3O3/c1-5-16-21-18(26-23-16)20(9-11-25-12-10-20)22-17(24)14-7-6-8-15(13-14)19(2,3)4/h6-8,13H,5,9-12H2,1-4H3,(H,22,24). The van der Waals surface area contributed by atoms with Crippen molar-refractivity contribution >= 4 is 5.91 Å². The number of hydrogen-bond acceptors (Lipinski definition) is 5. The van der Waals surface area contributed by atoms with Crippen molar-refractivity contribution in [1.29, 1.82) is 0 Å². The van der Waals surface area contributed by atoms with Crippen molar-refractivity contribution in [1.82, 2.24) is 15.5 Å². The molecule has 0 saturated carbocycles. The van der Waals surface area contributed by atoms with E-state index >= 15 is 0 Å². The van der Waals surface area contributed by atoms with E-state index in [1.807, 2.05) is 31.2 Å². The zero-order valence-corrected chi connectivity index (χ0v) is 16.0. The van der Waals surface area contributed by atoms with Crippen LogP contribution >= 0.6 is 0 Å². The summed E-state index contributed by atoms with van der Waals surface area (Å²) >= 11 is 0. The highest BCUT2D eigenvalue weighted by Crippen LogP contribution is 2.32. The maximum Gasteiger partial charge on any atom is 0.252 e. The molecule has 1 saturated heterocycles. The van der Waals surface area contributed by atoms with Gasteiger partial charge in [0.05, 0.1) is 0 Å². The maximum absolute atomic E-state index is 13.0. The van der Waals surface area contributed by atoms with Gasteiger partial charge in [0.2, 0.25) is 0 Å². The van der Waals surface area contributed by atoms with Gasteiger partial charge in [0.15, 0.2) is 5.82 Å². The summed E-state index contributed by atoms with van der Waals surface area (Å²) in [6.45, 7) is 9.47. The molecule has 1 aliphatic heterocycles. The number of aryl methyl sites for hydroxylation is 1. The first-order valence-corrected chi connectivity index (χ1v) is 9.18. The monoisotopic (exact) mass is 357 g/mol.